The first-order valence-corrected chi connectivity index (χ1v) is 8.52. The van der Waals surface area contributed by atoms with Crippen LogP contribution in [0.5, 0.6) is 0 Å². The van der Waals surface area contributed by atoms with Gasteiger partial charge in [0.25, 0.3) is 0 Å². The maximum Gasteiger partial charge on any atom is 0.326 e. The summed E-state index contributed by atoms with van der Waals surface area (Å²) in [5.41, 5.74) is -0.541. The second-order valence-corrected chi connectivity index (χ2v) is 6.90. The van der Waals surface area contributed by atoms with Crippen molar-refractivity contribution in [3.05, 3.63) is 0 Å². The van der Waals surface area contributed by atoms with Crippen LogP contribution in [0.2, 0.25) is 0 Å². The molecule has 1 heterocycles. The number of rotatable bonds is 7. The number of piperidine rings is 1. The van der Waals surface area contributed by atoms with Crippen LogP contribution < -0.4 is 10.6 Å². The highest BCUT2D eigenvalue weighted by molar-refractivity contribution is 7.98. The molecule has 0 radical (unpaired) electrons. The topological polar surface area (TPSA) is 78.4 Å². The number of carboxylic acids is 1. The number of amides is 1. The highest BCUT2D eigenvalue weighted by atomic mass is 32.2. The van der Waals surface area contributed by atoms with Crippen LogP contribution in [0.4, 0.5) is 0 Å². The van der Waals surface area contributed by atoms with Gasteiger partial charge >= 0.3 is 5.97 Å². The van der Waals surface area contributed by atoms with Crippen molar-refractivity contribution in [1.82, 2.24) is 10.6 Å². The quantitative estimate of drug-likeness (QED) is 0.661. The third-order valence-electron chi connectivity index (χ3n) is 4.12. The number of nitrogens with one attached hydrogen (secondary N) is 2. The number of aliphatic carboxylic acids is 1. The first-order valence-electron chi connectivity index (χ1n) is 7.13. The summed E-state index contributed by atoms with van der Waals surface area (Å²) in [4.78, 5) is 23.6. The minimum Gasteiger partial charge on any atom is -0.480 e. The summed E-state index contributed by atoms with van der Waals surface area (Å²) in [5.74, 6) is -0.126. The minimum absolute atomic E-state index is 0.153. The Morgan fingerprint density at radius 1 is 1.50 bits per heavy atom. The summed E-state index contributed by atoms with van der Waals surface area (Å²) >= 11 is 1.59. The number of carbonyl (C=O) groups excluding carboxylic acids is 1. The third-order valence-corrected chi connectivity index (χ3v) is 4.76. The van der Waals surface area contributed by atoms with E-state index in [1.54, 1.807) is 11.8 Å². The van der Waals surface area contributed by atoms with Crippen LogP contribution in [0.15, 0.2) is 0 Å². The Balaban J connectivity index is 2.63. The molecule has 1 aliphatic rings. The molecule has 3 N–H and O–H groups in total. The van der Waals surface area contributed by atoms with Crippen LogP contribution in [0, 0.1) is 11.3 Å². The lowest BCUT2D eigenvalue weighted by atomic mass is 9.74. The van der Waals surface area contributed by atoms with Crippen molar-refractivity contribution in [2.75, 3.05) is 25.1 Å². The van der Waals surface area contributed by atoms with Crippen molar-refractivity contribution in [3.8, 4) is 0 Å². The molecule has 0 saturated carbocycles. The molecule has 5 nitrogen and oxygen atoms in total. The molecule has 0 bridgehead atoms. The van der Waals surface area contributed by atoms with Gasteiger partial charge in [-0.05, 0) is 50.3 Å². The lowest BCUT2D eigenvalue weighted by molar-refractivity contribution is -0.144. The van der Waals surface area contributed by atoms with Gasteiger partial charge in [0.15, 0.2) is 0 Å². The normalized spacial score (nSPS) is 21.2. The van der Waals surface area contributed by atoms with Crippen molar-refractivity contribution < 1.29 is 14.7 Å². The first-order chi connectivity index (χ1) is 9.39. The van der Waals surface area contributed by atoms with Gasteiger partial charge in [0, 0.05) is 5.41 Å². The summed E-state index contributed by atoms with van der Waals surface area (Å²) in [5, 5.41) is 15.2. The molecule has 1 saturated heterocycles. The van der Waals surface area contributed by atoms with E-state index >= 15 is 0 Å². The lowest BCUT2D eigenvalue weighted by Crippen LogP contribution is -2.51. The number of carboxylic acid groups (broad SMARTS) is 1. The van der Waals surface area contributed by atoms with Crippen molar-refractivity contribution >= 4 is 23.6 Å². The van der Waals surface area contributed by atoms with Crippen LogP contribution >= 0.6 is 11.8 Å². The first kappa shape index (κ1) is 17.3. The van der Waals surface area contributed by atoms with E-state index in [0.717, 1.165) is 31.7 Å². The number of hydrogen-bond donors (Lipinski definition) is 3. The van der Waals surface area contributed by atoms with Gasteiger partial charge in [0.2, 0.25) is 5.91 Å². The number of thioether (sulfide) groups is 1. The third kappa shape index (κ3) is 4.66. The molecule has 20 heavy (non-hydrogen) atoms. The molecule has 2 atom stereocenters. The Morgan fingerprint density at radius 2 is 2.20 bits per heavy atom. The number of hydrogen-bond acceptors (Lipinski definition) is 4. The van der Waals surface area contributed by atoms with Crippen LogP contribution in [0.25, 0.3) is 0 Å². The Kier molecular flexibility index (Phi) is 6.82. The van der Waals surface area contributed by atoms with Gasteiger partial charge < -0.3 is 15.7 Å². The van der Waals surface area contributed by atoms with E-state index in [-0.39, 0.29) is 11.8 Å². The molecule has 1 amide bonds. The SMILES string of the molecule is CSCCC(NC(=O)C(C)(C)C1CCCNC1)C(=O)O. The maximum atomic E-state index is 12.4. The van der Waals surface area contributed by atoms with Gasteiger partial charge in [0.05, 0.1) is 0 Å². The molecule has 1 rings (SSSR count). The van der Waals surface area contributed by atoms with Crippen LogP contribution in [0.1, 0.15) is 33.1 Å². The summed E-state index contributed by atoms with van der Waals surface area (Å²) in [6.45, 7) is 5.64. The molecule has 0 aromatic rings. The van der Waals surface area contributed by atoms with E-state index in [0.29, 0.717) is 6.42 Å². The maximum absolute atomic E-state index is 12.4. The van der Waals surface area contributed by atoms with Crippen LogP contribution in [-0.2, 0) is 9.59 Å². The summed E-state index contributed by atoms with van der Waals surface area (Å²) in [6, 6.07) is -0.786. The van der Waals surface area contributed by atoms with Gasteiger partial charge in [0.1, 0.15) is 6.04 Å². The van der Waals surface area contributed by atoms with Crippen molar-refractivity contribution in [2.45, 2.75) is 39.2 Å². The Hall–Kier alpha value is -0.750. The second kappa shape index (κ2) is 7.88. The minimum atomic E-state index is -0.954. The molecule has 1 fully saturated rings. The monoisotopic (exact) mass is 302 g/mol. The van der Waals surface area contributed by atoms with E-state index in [1.807, 2.05) is 20.1 Å². The average molecular weight is 302 g/mol. The molecule has 0 aromatic heterocycles. The van der Waals surface area contributed by atoms with Crippen molar-refractivity contribution in [1.29, 1.82) is 0 Å². The van der Waals surface area contributed by atoms with E-state index in [9.17, 15) is 14.7 Å². The predicted octanol–water partition coefficient (Wildman–Crippen LogP) is 1.33. The molecule has 2 unspecified atom stereocenters. The largest absolute Gasteiger partial charge is 0.480 e. The zero-order chi connectivity index (χ0) is 15.2. The Bertz CT molecular complexity index is 341. The number of carbonyl (C=O) groups is 2. The van der Waals surface area contributed by atoms with E-state index in [2.05, 4.69) is 10.6 Å². The predicted molar refractivity (Wildman–Crippen MR) is 81.9 cm³/mol. The Labute approximate surface area is 125 Å². The summed E-state index contributed by atoms with van der Waals surface area (Å²) in [6.07, 6.45) is 4.46. The highest BCUT2D eigenvalue weighted by Crippen LogP contribution is 2.32. The fourth-order valence-corrected chi connectivity index (χ4v) is 2.96. The Morgan fingerprint density at radius 3 is 2.70 bits per heavy atom. The zero-order valence-corrected chi connectivity index (χ0v) is 13.4. The highest BCUT2D eigenvalue weighted by Gasteiger charge is 2.38. The molecule has 0 aromatic carbocycles. The summed E-state index contributed by atoms with van der Waals surface area (Å²) in [7, 11) is 0. The van der Waals surface area contributed by atoms with E-state index in [4.69, 9.17) is 0 Å². The van der Waals surface area contributed by atoms with E-state index < -0.39 is 17.4 Å². The molecule has 1 aliphatic heterocycles. The molecular formula is C14H26N2O3S. The van der Waals surface area contributed by atoms with Gasteiger partial charge in [-0.25, -0.2) is 4.79 Å². The lowest BCUT2D eigenvalue weighted by Gasteiger charge is -2.36. The standard InChI is InChI=1S/C14H26N2O3S/c1-14(2,10-5-4-7-15-9-10)13(19)16-11(12(17)18)6-8-20-3/h10-11,15H,4-9H2,1-3H3,(H,16,19)(H,17,18). The fourth-order valence-electron chi connectivity index (χ4n) is 2.49. The van der Waals surface area contributed by atoms with E-state index in [1.165, 1.54) is 0 Å². The van der Waals surface area contributed by atoms with Gasteiger partial charge in [-0.15, -0.1) is 0 Å². The molecule has 6 heteroatoms. The van der Waals surface area contributed by atoms with Crippen LogP contribution in [-0.4, -0.2) is 48.1 Å². The smallest absolute Gasteiger partial charge is 0.326 e. The molecule has 0 aliphatic carbocycles. The van der Waals surface area contributed by atoms with Crippen LogP contribution in [0.3, 0.4) is 0 Å². The molecular weight excluding hydrogens is 276 g/mol. The molecule has 0 spiro atoms. The zero-order valence-electron chi connectivity index (χ0n) is 12.6. The molecule has 116 valence electrons. The summed E-state index contributed by atoms with van der Waals surface area (Å²) < 4.78 is 0. The van der Waals surface area contributed by atoms with Crippen molar-refractivity contribution in [3.63, 3.8) is 0 Å². The fraction of sp³-hybridized carbons (Fsp3) is 0.857. The average Bonchev–Trinajstić information content (AvgIpc) is 2.43. The van der Waals surface area contributed by atoms with Gasteiger partial charge in [-0.1, -0.05) is 13.8 Å². The van der Waals surface area contributed by atoms with Gasteiger partial charge in [-0.3, -0.25) is 4.79 Å². The van der Waals surface area contributed by atoms with Crippen molar-refractivity contribution in [2.24, 2.45) is 11.3 Å². The second-order valence-electron chi connectivity index (χ2n) is 5.91. The van der Waals surface area contributed by atoms with Gasteiger partial charge in [-0.2, -0.15) is 11.8 Å².